The van der Waals surface area contributed by atoms with Gasteiger partial charge in [0.25, 0.3) is 5.91 Å². The number of carbonyl (C=O) groups excluding carboxylic acids is 1. The summed E-state index contributed by atoms with van der Waals surface area (Å²) in [5, 5.41) is 12.4. The molecule has 0 saturated heterocycles. The first kappa shape index (κ1) is 16.5. The molecule has 21 heavy (non-hydrogen) atoms. The highest BCUT2D eigenvalue weighted by molar-refractivity contribution is 14.1. The lowest BCUT2D eigenvalue weighted by Crippen LogP contribution is -2.39. The van der Waals surface area contributed by atoms with Gasteiger partial charge in [0.2, 0.25) is 0 Å². The molecule has 0 saturated carbocycles. The van der Waals surface area contributed by atoms with Crippen LogP contribution in [0, 0.1) is 3.57 Å². The zero-order valence-corrected chi connectivity index (χ0v) is 15.0. The Morgan fingerprint density at radius 2 is 1.95 bits per heavy atom. The van der Waals surface area contributed by atoms with Crippen LogP contribution in [0.2, 0.25) is 0 Å². The van der Waals surface area contributed by atoms with Crippen molar-refractivity contribution >= 4 is 44.4 Å². The zero-order chi connectivity index (χ0) is 15.2. The molecule has 2 aromatic rings. The second-order valence-corrected chi connectivity index (χ2v) is 6.77. The van der Waals surface area contributed by atoms with Crippen molar-refractivity contribution in [3.63, 3.8) is 0 Å². The molecule has 2 aromatic carbocycles. The van der Waals surface area contributed by atoms with Crippen molar-refractivity contribution < 1.29 is 9.90 Å². The number of benzene rings is 2. The quantitative estimate of drug-likeness (QED) is 0.673. The average molecular weight is 460 g/mol. The molecule has 2 rings (SSSR count). The first-order valence-electron chi connectivity index (χ1n) is 6.51. The minimum absolute atomic E-state index is 0.0951. The van der Waals surface area contributed by atoms with Crippen LogP contribution in [-0.4, -0.2) is 23.7 Å². The fourth-order valence-electron chi connectivity index (χ4n) is 1.99. The Kier molecular flexibility index (Phi) is 6.20. The van der Waals surface area contributed by atoms with Gasteiger partial charge in [0, 0.05) is 8.04 Å². The number of carbonyl (C=O) groups is 1. The molecular weight excluding hydrogens is 445 g/mol. The van der Waals surface area contributed by atoms with Gasteiger partial charge in [-0.15, -0.1) is 0 Å². The maximum Gasteiger partial charge on any atom is 0.252 e. The Balaban J connectivity index is 2.07. The van der Waals surface area contributed by atoms with E-state index in [2.05, 4.69) is 43.8 Å². The van der Waals surface area contributed by atoms with E-state index in [0.717, 1.165) is 13.6 Å². The number of nitrogens with one attached hydrogen (secondary N) is 1. The third-order valence-corrected chi connectivity index (χ3v) is 4.42. The number of hydrogen-bond acceptors (Lipinski definition) is 2. The molecular formula is C16H15BrINO2. The van der Waals surface area contributed by atoms with E-state index in [-0.39, 0.29) is 18.6 Å². The zero-order valence-electron chi connectivity index (χ0n) is 11.2. The van der Waals surface area contributed by atoms with Crippen molar-refractivity contribution in [2.24, 2.45) is 0 Å². The molecule has 2 N–H and O–H groups in total. The molecule has 0 heterocycles. The molecule has 5 heteroatoms. The van der Waals surface area contributed by atoms with E-state index in [0.29, 0.717) is 12.0 Å². The summed E-state index contributed by atoms with van der Waals surface area (Å²) >= 11 is 5.55. The number of rotatable bonds is 5. The summed E-state index contributed by atoms with van der Waals surface area (Å²) in [6, 6.07) is 15.1. The summed E-state index contributed by atoms with van der Waals surface area (Å²) in [6.45, 7) is -0.0951. The standard InChI is InChI=1S/C16H15BrINO2/c17-15-7-6-12(18)9-14(15)16(21)19-13(10-20)8-11-4-2-1-3-5-11/h1-7,9,13,20H,8,10H2,(H,19,21)/t13-/m0/s1. The molecule has 0 unspecified atom stereocenters. The third-order valence-electron chi connectivity index (χ3n) is 3.05. The molecule has 1 atom stereocenters. The van der Waals surface area contributed by atoms with Crippen LogP contribution in [-0.2, 0) is 6.42 Å². The van der Waals surface area contributed by atoms with Crippen LogP contribution in [0.15, 0.2) is 53.0 Å². The van der Waals surface area contributed by atoms with Crippen molar-refractivity contribution in [1.82, 2.24) is 5.32 Å². The molecule has 3 nitrogen and oxygen atoms in total. The molecule has 110 valence electrons. The van der Waals surface area contributed by atoms with Gasteiger partial charge < -0.3 is 10.4 Å². The second-order valence-electron chi connectivity index (χ2n) is 4.67. The van der Waals surface area contributed by atoms with Crippen LogP contribution in [0.25, 0.3) is 0 Å². The predicted molar refractivity (Wildman–Crippen MR) is 95.3 cm³/mol. The number of aliphatic hydroxyl groups is 1. The van der Waals surface area contributed by atoms with Crippen molar-refractivity contribution in [3.8, 4) is 0 Å². The van der Waals surface area contributed by atoms with Crippen molar-refractivity contribution in [2.75, 3.05) is 6.61 Å². The van der Waals surface area contributed by atoms with E-state index in [1.165, 1.54) is 0 Å². The van der Waals surface area contributed by atoms with Gasteiger partial charge in [-0.25, -0.2) is 0 Å². The first-order valence-corrected chi connectivity index (χ1v) is 8.38. The highest BCUT2D eigenvalue weighted by atomic mass is 127. The summed E-state index contributed by atoms with van der Waals surface area (Å²) in [4.78, 5) is 12.3. The molecule has 0 aliphatic heterocycles. The highest BCUT2D eigenvalue weighted by Crippen LogP contribution is 2.19. The lowest BCUT2D eigenvalue weighted by Gasteiger charge is -2.17. The Bertz CT molecular complexity index is 619. The van der Waals surface area contributed by atoms with E-state index in [9.17, 15) is 9.90 Å². The van der Waals surface area contributed by atoms with Crippen LogP contribution in [0.4, 0.5) is 0 Å². The van der Waals surface area contributed by atoms with E-state index in [4.69, 9.17) is 0 Å². The van der Waals surface area contributed by atoms with Crippen LogP contribution in [0.3, 0.4) is 0 Å². The minimum atomic E-state index is -0.301. The van der Waals surface area contributed by atoms with Gasteiger partial charge in [0.1, 0.15) is 0 Å². The van der Waals surface area contributed by atoms with Gasteiger partial charge in [0.15, 0.2) is 0 Å². The lowest BCUT2D eigenvalue weighted by molar-refractivity contribution is 0.0915. The van der Waals surface area contributed by atoms with Gasteiger partial charge in [0.05, 0.1) is 18.2 Å². The van der Waals surface area contributed by atoms with E-state index in [1.807, 2.05) is 48.5 Å². The van der Waals surface area contributed by atoms with Crippen LogP contribution >= 0.6 is 38.5 Å². The number of amides is 1. The van der Waals surface area contributed by atoms with Crippen molar-refractivity contribution in [2.45, 2.75) is 12.5 Å². The monoisotopic (exact) mass is 459 g/mol. The maximum atomic E-state index is 12.3. The van der Waals surface area contributed by atoms with E-state index < -0.39 is 0 Å². The summed E-state index contributed by atoms with van der Waals surface area (Å²) in [7, 11) is 0. The normalized spacial score (nSPS) is 12.0. The summed E-state index contributed by atoms with van der Waals surface area (Å²) in [6.07, 6.45) is 0.602. The minimum Gasteiger partial charge on any atom is -0.394 e. The van der Waals surface area contributed by atoms with Gasteiger partial charge >= 0.3 is 0 Å². The molecule has 0 bridgehead atoms. The molecule has 0 spiro atoms. The van der Waals surface area contributed by atoms with Crippen LogP contribution < -0.4 is 5.32 Å². The largest absolute Gasteiger partial charge is 0.394 e. The average Bonchev–Trinajstić information content (AvgIpc) is 2.50. The number of halogens is 2. The first-order chi connectivity index (χ1) is 10.1. The summed E-state index contributed by atoms with van der Waals surface area (Å²) < 4.78 is 1.74. The van der Waals surface area contributed by atoms with Crippen LogP contribution in [0.1, 0.15) is 15.9 Å². The van der Waals surface area contributed by atoms with Crippen molar-refractivity contribution in [1.29, 1.82) is 0 Å². The fraction of sp³-hybridized carbons (Fsp3) is 0.188. The van der Waals surface area contributed by atoms with Gasteiger partial charge in [-0.2, -0.15) is 0 Å². The second kappa shape index (κ2) is 7.91. The lowest BCUT2D eigenvalue weighted by atomic mass is 10.1. The molecule has 0 aliphatic carbocycles. The Hall–Kier alpha value is -0.920. The van der Waals surface area contributed by atoms with Crippen LogP contribution in [0.5, 0.6) is 0 Å². The Morgan fingerprint density at radius 3 is 2.62 bits per heavy atom. The van der Waals surface area contributed by atoms with E-state index in [1.54, 1.807) is 0 Å². The molecule has 0 radical (unpaired) electrons. The van der Waals surface area contributed by atoms with Crippen molar-refractivity contribution in [3.05, 3.63) is 67.7 Å². The smallest absolute Gasteiger partial charge is 0.252 e. The third kappa shape index (κ3) is 4.79. The van der Waals surface area contributed by atoms with Gasteiger partial charge in [-0.1, -0.05) is 30.3 Å². The van der Waals surface area contributed by atoms with Gasteiger partial charge in [-0.05, 0) is 68.7 Å². The number of aliphatic hydroxyl groups excluding tert-OH is 1. The Labute approximate surface area is 146 Å². The molecule has 0 aliphatic rings. The fourth-order valence-corrected chi connectivity index (χ4v) is 2.91. The molecule has 1 amide bonds. The molecule has 0 fully saturated rings. The maximum absolute atomic E-state index is 12.3. The summed E-state index contributed by atoms with van der Waals surface area (Å²) in [5.41, 5.74) is 1.66. The Morgan fingerprint density at radius 1 is 1.24 bits per heavy atom. The SMILES string of the molecule is O=C(N[C@H](CO)Cc1ccccc1)c1cc(I)ccc1Br. The number of hydrogen-bond donors (Lipinski definition) is 2. The predicted octanol–water partition coefficient (Wildman–Crippen LogP) is 3.39. The van der Waals surface area contributed by atoms with Gasteiger partial charge in [-0.3, -0.25) is 4.79 Å². The molecule has 0 aromatic heterocycles. The summed E-state index contributed by atoms with van der Waals surface area (Å²) in [5.74, 6) is -0.185. The van der Waals surface area contributed by atoms with E-state index >= 15 is 0 Å². The topological polar surface area (TPSA) is 49.3 Å². The highest BCUT2D eigenvalue weighted by Gasteiger charge is 2.16.